The summed E-state index contributed by atoms with van der Waals surface area (Å²) in [6.07, 6.45) is -2.76. The van der Waals surface area contributed by atoms with Crippen molar-refractivity contribution in [2.45, 2.75) is 30.1 Å². The second-order valence-corrected chi connectivity index (χ2v) is 9.48. The van der Waals surface area contributed by atoms with Crippen LogP contribution in [0.3, 0.4) is 0 Å². The Balaban J connectivity index is 1.33. The van der Waals surface area contributed by atoms with Gasteiger partial charge in [-0.2, -0.15) is 4.31 Å². The van der Waals surface area contributed by atoms with Crippen LogP contribution < -0.4 is 4.74 Å². The number of hydrogen-bond acceptors (Lipinski definition) is 5. The van der Waals surface area contributed by atoms with Crippen LogP contribution in [-0.2, 0) is 14.8 Å². The predicted octanol–water partition coefficient (Wildman–Crippen LogP) is 2.07. The van der Waals surface area contributed by atoms with E-state index < -0.39 is 22.1 Å². The highest BCUT2D eigenvalue weighted by molar-refractivity contribution is 7.89. The van der Waals surface area contributed by atoms with Crippen molar-refractivity contribution in [1.82, 2.24) is 9.21 Å². The average Bonchev–Trinajstić information content (AvgIpc) is 2.52. The minimum atomic E-state index is -4.80. The number of benzene rings is 1. The molecule has 150 valence electrons. The summed E-state index contributed by atoms with van der Waals surface area (Å²) in [6.45, 7) is 4.25. The van der Waals surface area contributed by atoms with Gasteiger partial charge in [0.05, 0.1) is 4.90 Å². The number of likely N-dealkylation sites (tertiary alicyclic amines) is 1. The zero-order chi connectivity index (χ0) is 19.3. The summed E-state index contributed by atoms with van der Waals surface area (Å²) in [4.78, 5) is 2.38. The molecule has 1 aromatic carbocycles. The van der Waals surface area contributed by atoms with Crippen molar-refractivity contribution in [3.05, 3.63) is 24.3 Å². The van der Waals surface area contributed by atoms with Crippen molar-refractivity contribution in [2.75, 3.05) is 39.4 Å². The van der Waals surface area contributed by atoms with Crippen molar-refractivity contribution in [3.8, 4) is 5.75 Å². The molecule has 0 aliphatic carbocycles. The fraction of sp³-hybridized carbons (Fsp3) is 0.647. The standard InChI is InChI=1S/C17H21F3N2O4S/c18-17(19,20)26-14-1-3-15(4-2-14)27(23,24)22-11-16(12-22)9-21(10-16)13-5-7-25-8-6-13/h1-4,13H,5-12H2. The first-order chi connectivity index (χ1) is 12.7. The molecule has 1 spiro atoms. The summed E-state index contributed by atoms with van der Waals surface area (Å²) in [5, 5.41) is 0. The zero-order valence-corrected chi connectivity index (χ0v) is 15.4. The fourth-order valence-electron chi connectivity index (χ4n) is 4.16. The minimum absolute atomic E-state index is 0.0186. The first-order valence-corrected chi connectivity index (χ1v) is 10.3. The summed E-state index contributed by atoms with van der Waals surface area (Å²) >= 11 is 0. The Morgan fingerprint density at radius 3 is 2.19 bits per heavy atom. The van der Waals surface area contributed by atoms with Crippen LogP contribution in [-0.4, -0.2) is 69.4 Å². The van der Waals surface area contributed by atoms with Crippen LogP contribution in [0.25, 0.3) is 0 Å². The molecule has 0 atom stereocenters. The van der Waals surface area contributed by atoms with Crippen LogP contribution in [0.2, 0.25) is 0 Å². The van der Waals surface area contributed by atoms with Crippen LogP contribution in [0, 0.1) is 5.41 Å². The average molecular weight is 406 g/mol. The summed E-state index contributed by atoms with van der Waals surface area (Å²) in [5.41, 5.74) is 0.0186. The van der Waals surface area contributed by atoms with Crippen molar-refractivity contribution in [2.24, 2.45) is 5.41 Å². The number of halogens is 3. The lowest BCUT2D eigenvalue weighted by Gasteiger charge is -2.61. The second kappa shape index (κ2) is 6.61. The van der Waals surface area contributed by atoms with E-state index in [1.807, 2.05) is 0 Å². The summed E-state index contributed by atoms with van der Waals surface area (Å²) in [6, 6.07) is 4.86. The first kappa shape index (κ1) is 19.0. The molecule has 0 amide bonds. The van der Waals surface area contributed by atoms with Gasteiger partial charge in [-0.3, -0.25) is 4.90 Å². The van der Waals surface area contributed by atoms with Gasteiger partial charge in [0.15, 0.2) is 0 Å². The van der Waals surface area contributed by atoms with Gasteiger partial charge in [0, 0.05) is 50.8 Å². The molecule has 0 radical (unpaired) electrons. The fourth-order valence-corrected chi connectivity index (χ4v) is 5.82. The minimum Gasteiger partial charge on any atom is -0.406 e. The molecule has 3 aliphatic rings. The van der Waals surface area contributed by atoms with Gasteiger partial charge < -0.3 is 9.47 Å². The molecule has 27 heavy (non-hydrogen) atoms. The van der Waals surface area contributed by atoms with Crippen LogP contribution in [0.15, 0.2) is 29.2 Å². The Kier molecular flexibility index (Phi) is 4.65. The lowest BCUT2D eigenvalue weighted by atomic mass is 9.73. The number of rotatable bonds is 4. The Labute approximate surface area is 155 Å². The van der Waals surface area contributed by atoms with Crippen LogP contribution >= 0.6 is 0 Å². The maximum absolute atomic E-state index is 12.7. The summed E-state index contributed by atoms with van der Waals surface area (Å²) in [5.74, 6) is -0.437. The van der Waals surface area contributed by atoms with Gasteiger partial charge in [-0.15, -0.1) is 13.2 Å². The molecule has 3 saturated heterocycles. The third-order valence-corrected chi connectivity index (χ3v) is 7.31. The normalized spacial score (nSPS) is 24.4. The monoisotopic (exact) mass is 406 g/mol. The highest BCUT2D eigenvalue weighted by Gasteiger charge is 2.56. The predicted molar refractivity (Wildman–Crippen MR) is 89.7 cm³/mol. The topological polar surface area (TPSA) is 59.1 Å². The third kappa shape index (κ3) is 3.80. The number of sulfonamides is 1. The maximum Gasteiger partial charge on any atom is 0.573 e. The van der Waals surface area contributed by atoms with E-state index in [1.54, 1.807) is 0 Å². The van der Waals surface area contributed by atoms with E-state index in [-0.39, 0.29) is 10.3 Å². The molecule has 0 saturated carbocycles. The Bertz CT molecular complexity index is 777. The van der Waals surface area contributed by atoms with Crippen LogP contribution in [0.5, 0.6) is 5.75 Å². The second-order valence-electron chi connectivity index (χ2n) is 7.54. The van der Waals surface area contributed by atoms with E-state index in [0.29, 0.717) is 19.1 Å². The molecular formula is C17H21F3N2O4S. The van der Waals surface area contributed by atoms with Gasteiger partial charge in [-0.25, -0.2) is 8.42 Å². The highest BCUT2D eigenvalue weighted by Crippen LogP contribution is 2.44. The van der Waals surface area contributed by atoms with Gasteiger partial charge >= 0.3 is 6.36 Å². The number of nitrogens with zero attached hydrogens (tertiary/aromatic N) is 2. The molecule has 1 aromatic rings. The third-order valence-electron chi connectivity index (χ3n) is 5.50. The molecule has 0 N–H and O–H groups in total. The molecule has 4 rings (SSSR count). The van der Waals surface area contributed by atoms with Gasteiger partial charge in [0.1, 0.15) is 5.75 Å². The molecule has 0 unspecified atom stereocenters. The van der Waals surface area contributed by atoms with Crippen molar-refractivity contribution < 1.29 is 31.1 Å². The summed E-state index contributed by atoms with van der Waals surface area (Å²) in [7, 11) is -3.69. The SMILES string of the molecule is O=S(=O)(c1ccc(OC(F)(F)F)cc1)N1CC2(CN(C3CCOCC3)C2)C1. The van der Waals surface area contributed by atoms with Gasteiger partial charge in [0.2, 0.25) is 10.0 Å². The van der Waals surface area contributed by atoms with Crippen molar-refractivity contribution in [1.29, 1.82) is 0 Å². The van der Waals surface area contributed by atoms with Crippen molar-refractivity contribution in [3.63, 3.8) is 0 Å². The maximum atomic E-state index is 12.7. The zero-order valence-electron chi connectivity index (χ0n) is 14.6. The molecule has 3 fully saturated rings. The van der Waals surface area contributed by atoms with E-state index in [9.17, 15) is 21.6 Å². The smallest absolute Gasteiger partial charge is 0.406 e. The van der Waals surface area contributed by atoms with Crippen molar-refractivity contribution >= 4 is 10.0 Å². The molecule has 3 aliphatic heterocycles. The quantitative estimate of drug-likeness (QED) is 0.766. The lowest BCUT2D eigenvalue weighted by Crippen LogP contribution is -2.74. The van der Waals surface area contributed by atoms with E-state index >= 15 is 0 Å². The molecule has 6 nitrogen and oxygen atoms in total. The van der Waals surface area contributed by atoms with Gasteiger partial charge in [0.25, 0.3) is 0 Å². The number of hydrogen-bond donors (Lipinski definition) is 0. The Hall–Kier alpha value is -1.36. The van der Waals surface area contributed by atoms with Gasteiger partial charge in [-0.05, 0) is 37.1 Å². The Morgan fingerprint density at radius 2 is 1.63 bits per heavy atom. The number of alkyl halides is 3. The van der Waals surface area contributed by atoms with E-state index in [0.717, 1.165) is 63.4 Å². The van der Waals surface area contributed by atoms with Crippen LogP contribution in [0.4, 0.5) is 13.2 Å². The molecule has 0 aromatic heterocycles. The van der Waals surface area contributed by atoms with Crippen LogP contribution in [0.1, 0.15) is 12.8 Å². The molecule has 3 heterocycles. The number of ether oxygens (including phenoxy) is 2. The molecular weight excluding hydrogens is 385 g/mol. The van der Waals surface area contributed by atoms with E-state index in [4.69, 9.17) is 4.74 Å². The van der Waals surface area contributed by atoms with E-state index in [2.05, 4.69) is 9.64 Å². The lowest BCUT2D eigenvalue weighted by molar-refractivity contribution is -0.274. The van der Waals surface area contributed by atoms with Gasteiger partial charge in [-0.1, -0.05) is 0 Å². The highest BCUT2D eigenvalue weighted by atomic mass is 32.2. The Morgan fingerprint density at radius 1 is 1.04 bits per heavy atom. The largest absolute Gasteiger partial charge is 0.573 e. The van der Waals surface area contributed by atoms with E-state index in [1.165, 1.54) is 4.31 Å². The first-order valence-electron chi connectivity index (χ1n) is 8.85. The summed E-state index contributed by atoms with van der Waals surface area (Å²) < 4.78 is 72.5. The molecule has 10 heteroatoms. The molecule has 0 bridgehead atoms.